The minimum Gasteiger partial charge on any atom is -0.339 e. The molecule has 160 valence electrons. The number of tetrazole rings is 1. The van der Waals surface area contributed by atoms with Crippen LogP contribution in [-0.4, -0.2) is 45.3 Å². The van der Waals surface area contributed by atoms with Crippen molar-refractivity contribution in [1.82, 2.24) is 39.5 Å². The van der Waals surface area contributed by atoms with Crippen molar-refractivity contribution in [2.45, 2.75) is 20.0 Å². The second kappa shape index (κ2) is 8.13. The second-order valence-electron chi connectivity index (χ2n) is 7.24. The van der Waals surface area contributed by atoms with E-state index >= 15 is 0 Å². The summed E-state index contributed by atoms with van der Waals surface area (Å²) in [5.41, 5.74) is 2.45. The summed E-state index contributed by atoms with van der Waals surface area (Å²) in [4.78, 5) is 13.5. The van der Waals surface area contributed by atoms with E-state index in [0.29, 0.717) is 33.6 Å². The second-order valence-corrected chi connectivity index (χ2v) is 8.06. The summed E-state index contributed by atoms with van der Waals surface area (Å²) >= 11 is 11.4. The first kappa shape index (κ1) is 20.3. The number of Topliss-reactive ketones (excluding diaryl/α,β-unsaturated/α-hetero) is 1. The molecule has 0 aliphatic carbocycles. The topological polar surface area (TPSA) is 99.2 Å². The van der Waals surface area contributed by atoms with Gasteiger partial charge in [0.05, 0.1) is 6.54 Å². The Bertz CT molecular complexity index is 1490. The van der Waals surface area contributed by atoms with Gasteiger partial charge in [-0.25, -0.2) is 0 Å². The number of nitrogens with one attached hydrogen (secondary N) is 1. The summed E-state index contributed by atoms with van der Waals surface area (Å²) < 4.78 is 4.21. The molecular formula is C21H17ClN8OS. The van der Waals surface area contributed by atoms with Gasteiger partial charge in [0.15, 0.2) is 22.2 Å². The first-order chi connectivity index (χ1) is 15.5. The molecule has 5 rings (SSSR count). The van der Waals surface area contributed by atoms with Crippen LogP contribution in [0.15, 0.2) is 54.7 Å². The molecule has 0 radical (unpaired) electrons. The minimum atomic E-state index is 0.0153. The molecule has 0 spiro atoms. The van der Waals surface area contributed by atoms with Gasteiger partial charge in [0, 0.05) is 33.4 Å². The average molecular weight is 465 g/mol. The van der Waals surface area contributed by atoms with E-state index in [-0.39, 0.29) is 12.3 Å². The predicted molar refractivity (Wildman–Crippen MR) is 122 cm³/mol. The normalized spacial score (nSPS) is 11.3. The molecule has 3 aromatic heterocycles. The smallest absolute Gasteiger partial charge is 0.199 e. The molecule has 3 heterocycles. The van der Waals surface area contributed by atoms with Crippen molar-refractivity contribution in [1.29, 1.82) is 0 Å². The van der Waals surface area contributed by atoms with Crippen molar-refractivity contribution < 1.29 is 4.79 Å². The summed E-state index contributed by atoms with van der Waals surface area (Å²) in [6.45, 7) is 2.22. The molecule has 2 aromatic carbocycles. The summed E-state index contributed by atoms with van der Waals surface area (Å²) in [7, 11) is 0. The summed E-state index contributed by atoms with van der Waals surface area (Å²) in [6.07, 6.45) is 1.83. The molecule has 0 fully saturated rings. The van der Waals surface area contributed by atoms with Gasteiger partial charge in [0.25, 0.3) is 0 Å². The number of carbonyl (C=O) groups excluding carboxylic acids is 1. The van der Waals surface area contributed by atoms with E-state index in [1.165, 1.54) is 4.80 Å². The molecule has 0 saturated carbocycles. The Kier molecular flexibility index (Phi) is 5.16. The lowest BCUT2D eigenvalue weighted by molar-refractivity contribution is 0.101. The number of hydrogen-bond donors (Lipinski definition) is 1. The van der Waals surface area contributed by atoms with Crippen LogP contribution in [-0.2, 0) is 13.1 Å². The Balaban J connectivity index is 1.42. The van der Waals surface area contributed by atoms with Crippen LogP contribution in [0.4, 0.5) is 0 Å². The maximum atomic E-state index is 12.0. The predicted octanol–water partition coefficient (Wildman–Crippen LogP) is 3.82. The molecule has 0 unspecified atom stereocenters. The van der Waals surface area contributed by atoms with Gasteiger partial charge >= 0.3 is 0 Å². The molecule has 32 heavy (non-hydrogen) atoms. The molecule has 0 aliphatic rings. The van der Waals surface area contributed by atoms with Crippen LogP contribution in [0.3, 0.4) is 0 Å². The number of aromatic amines is 1. The zero-order valence-corrected chi connectivity index (χ0v) is 18.5. The van der Waals surface area contributed by atoms with Crippen molar-refractivity contribution in [3.05, 3.63) is 81.7 Å². The average Bonchev–Trinajstić information content (AvgIpc) is 3.48. The summed E-state index contributed by atoms with van der Waals surface area (Å²) in [5, 5.41) is 21.5. The molecule has 0 bridgehead atoms. The fraction of sp³-hybridized carbons (Fsp3) is 0.143. The lowest BCUT2D eigenvalue weighted by atomic mass is 10.1. The third-order valence-electron chi connectivity index (χ3n) is 5.08. The SMILES string of the molecule is CC(=O)c1cn(Cc2nnn(Cc3n[nH]c(=S)n3-c3ccc(Cl)cc3)n2)c2ccccc12. The number of hydrogen-bond acceptors (Lipinski definition) is 6. The van der Waals surface area contributed by atoms with E-state index in [4.69, 9.17) is 23.8 Å². The largest absolute Gasteiger partial charge is 0.339 e. The number of halogens is 1. The monoisotopic (exact) mass is 464 g/mol. The van der Waals surface area contributed by atoms with Gasteiger partial charge in [-0.3, -0.25) is 14.5 Å². The van der Waals surface area contributed by atoms with Crippen molar-refractivity contribution in [2.24, 2.45) is 0 Å². The molecule has 0 saturated heterocycles. The number of benzene rings is 2. The lowest BCUT2D eigenvalue weighted by Crippen LogP contribution is -2.11. The highest BCUT2D eigenvalue weighted by Crippen LogP contribution is 2.22. The van der Waals surface area contributed by atoms with Crippen molar-refractivity contribution in [2.75, 3.05) is 0 Å². The number of rotatable bonds is 6. The molecule has 0 aliphatic heterocycles. The number of nitrogens with zero attached hydrogens (tertiary/aromatic N) is 7. The fourth-order valence-corrected chi connectivity index (χ4v) is 4.02. The molecule has 11 heteroatoms. The Hall–Kier alpha value is -3.63. The lowest BCUT2D eigenvalue weighted by Gasteiger charge is -2.06. The number of ketones is 1. The number of aromatic nitrogens is 8. The highest BCUT2D eigenvalue weighted by atomic mass is 35.5. The van der Waals surface area contributed by atoms with E-state index in [1.54, 1.807) is 23.6 Å². The van der Waals surface area contributed by atoms with Crippen molar-refractivity contribution in [3.63, 3.8) is 0 Å². The maximum Gasteiger partial charge on any atom is 0.199 e. The summed E-state index contributed by atoms with van der Waals surface area (Å²) in [5.74, 6) is 1.17. The molecule has 9 nitrogen and oxygen atoms in total. The van der Waals surface area contributed by atoms with Gasteiger partial charge < -0.3 is 4.57 Å². The van der Waals surface area contributed by atoms with Gasteiger partial charge in [-0.2, -0.15) is 9.90 Å². The third kappa shape index (κ3) is 3.74. The van der Waals surface area contributed by atoms with Crippen molar-refractivity contribution >= 4 is 40.5 Å². The van der Waals surface area contributed by atoms with Crippen LogP contribution < -0.4 is 0 Å². The highest BCUT2D eigenvalue weighted by Gasteiger charge is 2.15. The molecule has 0 amide bonds. The highest BCUT2D eigenvalue weighted by molar-refractivity contribution is 7.71. The van der Waals surface area contributed by atoms with E-state index in [1.807, 2.05) is 47.2 Å². The first-order valence-corrected chi connectivity index (χ1v) is 10.6. The minimum absolute atomic E-state index is 0.0153. The van der Waals surface area contributed by atoms with Crippen LogP contribution in [0.25, 0.3) is 16.6 Å². The first-order valence-electron chi connectivity index (χ1n) is 9.77. The van der Waals surface area contributed by atoms with E-state index < -0.39 is 0 Å². The van der Waals surface area contributed by atoms with Crippen LogP contribution >= 0.6 is 23.8 Å². The van der Waals surface area contributed by atoms with Crippen LogP contribution in [0.1, 0.15) is 28.9 Å². The quantitative estimate of drug-likeness (QED) is 0.303. The standard InChI is InChI=1S/C21H17ClN8OS/c1-13(31)17-10-28(18-5-3-2-4-16(17)18)11-19-23-27-29(26-19)12-20-24-25-21(32)30(20)15-8-6-14(22)7-9-15/h2-10H,11-12H2,1H3,(H,25,32). The van der Waals surface area contributed by atoms with Crippen molar-refractivity contribution in [3.8, 4) is 5.69 Å². The zero-order chi connectivity index (χ0) is 22.2. The fourth-order valence-electron chi connectivity index (χ4n) is 3.64. The molecular weight excluding hydrogens is 448 g/mol. The number of H-pyrrole nitrogens is 1. The third-order valence-corrected chi connectivity index (χ3v) is 5.61. The Labute approximate surface area is 192 Å². The summed E-state index contributed by atoms with van der Waals surface area (Å²) in [6, 6.07) is 15.1. The van der Waals surface area contributed by atoms with Gasteiger partial charge in [-0.15, -0.1) is 10.2 Å². The maximum absolute atomic E-state index is 12.0. The van der Waals surface area contributed by atoms with Gasteiger partial charge in [-0.05, 0) is 54.7 Å². The zero-order valence-electron chi connectivity index (χ0n) is 16.9. The van der Waals surface area contributed by atoms with Crippen LogP contribution in [0, 0.1) is 4.77 Å². The van der Waals surface area contributed by atoms with Crippen LogP contribution in [0.5, 0.6) is 0 Å². The Morgan fingerprint density at radius 2 is 1.91 bits per heavy atom. The van der Waals surface area contributed by atoms with Gasteiger partial charge in [0.1, 0.15) is 6.54 Å². The van der Waals surface area contributed by atoms with Crippen LogP contribution in [0.2, 0.25) is 5.02 Å². The van der Waals surface area contributed by atoms with Gasteiger partial charge in [0.2, 0.25) is 0 Å². The number of para-hydroxylation sites is 1. The molecule has 1 N–H and O–H groups in total. The Morgan fingerprint density at radius 1 is 1.12 bits per heavy atom. The molecule has 0 atom stereocenters. The number of fused-ring (bicyclic) bond motifs is 1. The Morgan fingerprint density at radius 3 is 2.69 bits per heavy atom. The number of carbonyl (C=O) groups is 1. The van der Waals surface area contributed by atoms with E-state index in [2.05, 4.69) is 25.6 Å². The van der Waals surface area contributed by atoms with E-state index in [0.717, 1.165) is 16.6 Å². The van der Waals surface area contributed by atoms with E-state index in [9.17, 15) is 4.79 Å². The van der Waals surface area contributed by atoms with Gasteiger partial charge in [-0.1, -0.05) is 29.8 Å². The molecule has 5 aromatic rings.